The SMILES string of the molecule is CC(C)n1c(N)nnc1SCC1(O)CCCCC1. The molecule has 0 atom stereocenters. The molecule has 3 N–H and O–H groups in total. The Labute approximate surface area is 112 Å². The van der Waals surface area contributed by atoms with Crippen LogP contribution in [0.3, 0.4) is 0 Å². The molecule has 1 aromatic rings. The van der Waals surface area contributed by atoms with Crippen LogP contribution in [0.25, 0.3) is 0 Å². The van der Waals surface area contributed by atoms with Crippen LogP contribution in [0.1, 0.15) is 52.0 Å². The summed E-state index contributed by atoms with van der Waals surface area (Å²) in [5, 5.41) is 19.3. The lowest BCUT2D eigenvalue weighted by molar-refractivity contribution is 0.0272. The Morgan fingerprint density at radius 2 is 2.00 bits per heavy atom. The Morgan fingerprint density at radius 1 is 1.33 bits per heavy atom. The first-order valence-electron chi connectivity index (χ1n) is 6.57. The molecular weight excluding hydrogens is 248 g/mol. The van der Waals surface area contributed by atoms with Crippen molar-refractivity contribution in [3.8, 4) is 0 Å². The van der Waals surface area contributed by atoms with Crippen LogP contribution in [0.2, 0.25) is 0 Å². The fourth-order valence-corrected chi connectivity index (χ4v) is 3.65. The van der Waals surface area contributed by atoms with E-state index in [1.807, 2.05) is 4.57 Å². The van der Waals surface area contributed by atoms with Gasteiger partial charge in [0.2, 0.25) is 5.95 Å². The molecule has 1 aliphatic carbocycles. The second-order valence-corrected chi connectivity index (χ2v) is 6.32. The lowest BCUT2D eigenvalue weighted by atomic mass is 9.86. The number of thioether (sulfide) groups is 1. The van der Waals surface area contributed by atoms with E-state index in [0.29, 0.717) is 11.7 Å². The summed E-state index contributed by atoms with van der Waals surface area (Å²) < 4.78 is 1.91. The third-order valence-corrected chi connectivity index (χ3v) is 4.68. The third kappa shape index (κ3) is 2.98. The number of hydrogen-bond donors (Lipinski definition) is 2. The van der Waals surface area contributed by atoms with Gasteiger partial charge in [0, 0.05) is 11.8 Å². The van der Waals surface area contributed by atoms with Crippen LogP contribution < -0.4 is 5.73 Å². The number of aromatic nitrogens is 3. The zero-order chi connectivity index (χ0) is 13.2. The van der Waals surface area contributed by atoms with Crippen molar-refractivity contribution in [1.29, 1.82) is 0 Å². The van der Waals surface area contributed by atoms with E-state index in [9.17, 15) is 5.11 Å². The van der Waals surface area contributed by atoms with Gasteiger partial charge < -0.3 is 10.8 Å². The van der Waals surface area contributed by atoms with Crippen LogP contribution in [-0.2, 0) is 0 Å². The second-order valence-electron chi connectivity index (χ2n) is 5.38. The van der Waals surface area contributed by atoms with Gasteiger partial charge in [0.1, 0.15) is 0 Å². The van der Waals surface area contributed by atoms with Gasteiger partial charge in [0.05, 0.1) is 5.60 Å². The molecule has 0 spiro atoms. The molecule has 102 valence electrons. The average Bonchev–Trinajstić information content (AvgIpc) is 2.69. The number of nitrogens with zero attached hydrogens (tertiary/aromatic N) is 3. The number of nitrogens with two attached hydrogens (primary N) is 1. The Kier molecular flexibility index (Phi) is 4.17. The summed E-state index contributed by atoms with van der Waals surface area (Å²) in [5.74, 6) is 1.13. The van der Waals surface area contributed by atoms with E-state index in [2.05, 4.69) is 24.0 Å². The molecule has 1 fully saturated rings. The zero-order valence-electron chi connectivity index (χ0n) is 11.1. The maximum atomic E-state index is 10.5. The highest BCUT2D eigenvalue weighted by molar-refractivity contribution is 7.99. The maximum absolute atomic E-state index is 10.5. The van der Waals surface area contributed by atoms with Gasteiger partial charge in [-0.05, 0) is 26.7 Å². The van der Waals surface area contributed by atoms with Crippen molar-refractivity contribution in [2.75, 3.05) is 11.5 Å². The zero-order valence-corrected chi connectivity index (χ0v) is 11.9. The first-order chi connectivity index (χ1) is 8.52. The fourth-order valence-electron chi connectivity index (χ4n) is 2.43. The predicted molar refractivity (Wildman–Crippen MR) is 73.6 cm³/mol. The van der Waals surface area contributed by atoms with Crippen molar-refractivity contribution < 1.29 is 5.11 Å². The lowest BCUT2D eigenvalue weighted by Crippen LogP contribution is -2.34. The van der Waals surface area contributed by atoms with Gasteiger partial charge in [-0.25, -0.2) is 0 Å². The van der Waals surface area contributed by atoms with E-state index in [0.717, 1.165) is 30.8 Å². The quantitative estimate of drug-likeness (QED) is 0.820. The molecule has 1 aliphatic rings. The number of nitrogen functional groups attached to an aromatic ring is 1. The molecule has 0 aliphatic heterocycles. The molecule has 1 aromatic heterocycles. The molecule has 5 nitrogen and oxygen atoms in total. The van der Waals surface area contributed by atoms with E-state index >= 15 is 0 Å². The minimum Gasteiger partial charge on any atom is -0.389 e. The standard InChI is InChI=1S/C12H22N4OS/c1-9(2)16-10(13)14-15-11(16)18-8-12(17)6-4-3-5-7-12/h9,17H,3-8H2,1-2H3,(H2,13,14). The Balaban J connectivity index is 2.01. The molecule has 18 heavy (non-hydrogen) atoms. The van der Waals surface area contributed by atoms with E-state index in [4.69, 9.17) is 5.73 Å². The predicted octanol–water partition coefficient (Wildman–Crippen LogP) is 2.23. The summed E-state index contributed by atoms with van der Waals surface area (Å²) in [6.07, 6.45) is 5.27. The van der Waals surface area contributed by atoms with Gasteiger partial charge >= 0.3 is 0 Å². The minimum absolute atomic E-state index is 0.239. The van der Waals surface area contributed by atoms with E-state index in [1.54, 1.807) is 11.8 Å². The molecule has 6 heteroatoms. The number of anilines is 1. The van der Waals surface area contributed by atoms with Gasteiger partial charge in [0.25, 0.3) is 0 Å². The normalized spacial score (nSPS) is 19.3. The van der Waals surface area contributed by atoms with Gasteiger partial charge in [-0.15, -0.1) is 10.2 Å². The summed E-state index contributed by atoms with van der Waals surface area (Å²) in [6, 6.07) is 0.239. The summed E-state index contributed by atoms with van der Waals surface area (Å²) >= 11 is 1.56. The van der Waals surface area contributed by atoms with Crippen LogP contribution in [-0.4, -0.2) is 31.2 Å². The topological polar surface area (TPSA) is 77.0 Å². The average molecular weight is 270 g/mol. The first-order valence-corrected chi connectivity index (χ1v) is 7.56. The van der Waals surface area contributed by atoms with Crippen LogP contribution in [0.5, 0.6) is 0 Å². The maximum Gasteiger partial charge on any atom is 0.222 e. The van der Waals surface area contributed by atoms with Crippen molar-refractivity contribution in [3.63, 3.8) is 0 Å². The third-order valence-electron chi connectivity index (χ3n) is 3.46. The fraction of sp³-hybridized carbons (Fsp3) is 0.833. The highest BCUT2D eigenvalue weighted by Crippen LogP contribution is 2.33. The molecule has 0 radical (unpaired) electrons. The smallest absolute Gasteiger partial charge is 0.222 e. The van der Waals surface area contributed by atoms with E-state index < -0.39 is 5.60 Å². The lowest BCUT2D eigenvalue weighted by Gasteiger charge is -2.31. The number of rotatable bonds is 4. The van der Waals surface area contributed by atoms with Crippen LogP contribution in [0.15, 0.2) is 5.16 Å². The molecule has 0 amide bonds. The summed E-state index contributed by atoms with van der Waals surface area (Å²) in [4.78, 5) is 0. The Morgan fingerprint density at radius 3 is 2.61 bits per heavy atom. The van der Waals surface area contributed by atoms with Crippen molar-refractivity contribution in [1.82, 2.24) is 14.8 Å². The summed E-state index contributed by atoms with van der Waals surface area (Å²) in [5.41, 5.74) is 5.26. The van der Waals surface area contributed by atoms with Gasteiger partial charge in [-0.1, -0.05) is 31.0 Å². The molecule has 0 saturated heterocycles. The van der Waals surface area contributed by atoms with E-state index in [-0.39, 0.29) is 6.04 Å². The summed E-state index contributed by atoms with van der Waals surface area (Å²) in [7, 11) is 0. The highest BCUT2D eigenvalue weighted by Gasteiger charge is 2.30. The van der Waals surface area contributed by atoms with Crippen molar-refractivity contribution in [2.45, 2.75) is 62.8 Å². The molecule has 0 unspecified atom stereocenters. The van der Waals surface area contributed by atoms with Crippen molar-refractivity contribution in [3.05, 3.63) is 0 Å². The number of aliphatic hydroxyl groups is 1. The minimum atomic E-state index is -0.536. The molecule has 2 rings (SSSR count). The molecule has 0 aromatic carbocycles. The van der Waals surface area contributed by atoms with Crippen LogP contribution in [0.4, 0.5) is 5.95 Å². The van der Waals surface area contributed by atoms with Gasteiger partial charge in [-0.3, -0.25) is 4.57 Å². The largest absolute Gasteiger partial charge is 0.389 e. The molecule has 0 bridgehead atoms. The second kappa shape index (κ2) is 5.48. The van der Waals surface area contributed by atoms with Crippen molar-refractivity contribution >= 4 is 17.7 Å². The van der Waals surface area contributed by atoms with Crippen LogP contribution >= 0.6 is 11.8 Å². The Bertz CT molecular complexity index is 399. The summed E-state index contributed by atoms with van der Waals surface area (Å²) in [6.45, 7) is 4.11. The number of hydrogen-bond acceptors (Lipinski definition) is 5. The highest BCUT2D eigenvalue weighted by atomic mass is 32.2. The monoisotopic (exact) mass is 270 g/mol. The molecular formula is C12H22N4OS. The first kappa shape index (κ1) is 13.7. The van der Waals surface area contributed by atoms with Crippen LogP contribution in [0, 0.1) is 0 Å². The van der Waals surface area contributed by atoms with Gasteiger partial charge in [0.15, 0.2) is 5.16 Å². The van der Waals surface area contributed by atoms with Crippen molar-refractivity contribution in [2.24, 2.45) is 0 Å². The molecule has 1 heterocycles. The van der Waals surface area contributed by atoms with E-state index in [1.165, 1.54) is 6.42 Å². The Hall–Kier alpha value is -0.750. The molecule has 1 saturated carbocycles. The van der Waals surface area contributed by atoms with Gasteiger partial charge in [-0.2, -0.15) is 0 Å².